The zero-order chi connectivity index (χ0) is 19.2. The maximum absolute atomic E-state index is 12.7. The Labute approximate surface area is 158 Å². The van der Waals surface area contributed by atoms with Crippen molar-refractivity contribution in [2.45, 2.75) is 37.8 Å². The Balaban J connectivity index is 1.61. The van der Waals surface area contributed by atoms with Gasteiger partial charge in [-0.1, -0.05) is 68.4 Å². The van der Waals surface area contributed by atoms with Gasteiger partial charge in [0.15, 0.2) is 0 Å². The zero-order valence-electron chi connectivity index (χ0n) is 15.5. The normalized spacial score (nSPS) is 25.0. The van der Waals surface area contributed by atoms with Crippen molar-refractivity contribution >= 4 is 12.1 Å². The van der Waals surface area contributed by atoms with E-state index in [1.165, 1.54) is 10.5 Å². The fraction of sp³-hybridized carbons (Fsp3) is 0.364. The number of hydrogen-bond acceptors (Lipinski definition) is 3. The lowest BCUT2D eigenvalue weighted by atomic mass is 9.76. The van der Waals surface area contributed by atoms with Crippen molar-refractivity contribution < 1.29 is 19.4 Å². The number of ether oxygens (including phenoxy) is 1. The van der Waals surface area contributed by atoms with Crippen molar-refractivity contribution in [2.24, 2.45) is 5.92 Å². The molecule has 2 aromatic rings. The monoisotopic (exact) mass is 365 g/mol. The van der Waals surface area contributed by atoms with Crippen molar-refractivity contribution in [3.05, 3.63) is 71.3 Å². The quantitative estimate of drug-likeness (QED) is 0.899. The molecule has 0 radical (unpaired) electrons. The van der Waals surface area contributed by atoms with Gasteiger partial charge in [-0.2, -0.15) is 0 Å². The molecular formula is C22H23NO4. The number of carboxylic acid groups (broad SMARTS) is 1. The summed E-state index contributed by atoms with van der Waals surface area (Å²) in [6.45, 7) is 4.79. The van der Waals surface area contributed by atoms with E-state index in [9.17, 15) is 14.7 Å². The van der Waals surface area contributed by atoms with Crippen LogP contribution in [0.25, 0.3) is 0 Å². The van der Waals surface area contributed by atoms with Gasteiger partial charge in [0, 0.05) is 12.5 Å². The molecule has 1 amide bonds. The number of amides is 1. The summed E-state index contributed by atoms with van der Waals surface area (Å²) >= 11 is 0. The summed E-state index contributed by atoms with van der Waals surface area (Å²) in [6, 6.07) is 16.5. The van der Waals surface area contributed by atoms with Crippen LogP contribution in [-0.2, 0) is 21.6 Å². The van der Waals surface area contributed by atoms with Crippen LogP contribution < -0.4 is 0 Å². The Hall–Kier alpha value is -2.82. The average Bonchev–Trinajstić information content (AvgIpc) is 3.17. The molecule has 2 unspecified atom stereocenters. The minimum atomic E-state index is -0.980. The summed E-state index contributed by atoms with van der Waals surface area (Å²) < 4.78 is 5.44. The highest BCUT2D eigenvalue weighted by atomic mass is 16.6. The minimum Gasteiger partial charge on any atom is -0.480 e. The molecule has 0 saturated carbocycles. The first-order valence-electron chi connectivity index (χ1n) is 9.21. The zero-order valence-corrected chi connectivity index (χ0v) is 15.5. The van der Waals surface area contributed by atoms with E-state index in [-0.39, 0.29) is 23.9 Å². The highest BCUT2D eigenvalue weighted by Gasteiger charge is 2.58. The molecule has 1 N–H and O–H groups in total. The van der Waals surface area contributed by atoms with Crippen LogP contribution >= 0.6 is 0 Å². The molecule has 0 aromatic heterocycles. The Morgan fingerprint density at radius 2 is 1.78 bits per heavy atom. The molecule has 5 heteroatoms. The third kappa shape index (κ3) is 2.78. The number of aliphatic carboxylic acids is 1. The lowest BCUT2D eigenvalue weighted by Gasteiger charge is -2.28. The smallest absolute Gasteiger partial charge is 0.410 e. The fourth-order valence-corrected chi connectivity index (χ4v) is 4.77. The van der Waals surface area contributed by atoms with Crippen LogP contribution in [0.3, 0.4) is 0 Å². The fourth-order valence-electron chi connectivity index (χ4n) is 4.77. The predicted octanol–water partition coefficient (Wildman–Crippen LogP) is 3.78. The standard InChI is InChI=1S/C22H23NO4/c1-22(2)16-11-7-6-10-15(16)18-17(22)12-23(19(18)20(24)25)21(26)27-13-14-8-4-3-5-9-14/h3-11,17-19H,12-13H2,1-2H3,(H,24,25)/t17?,18?,19-/m0/s1. The number of likely N-dealkylation sites (tertiary alicyclic amines) is 1. The second kappa shape index (κ2) is 6.41. The molecule has 3 atom stereocenters. The second-order valence-electron chi connectivity index (χ2n) is 7.92. The Morgan fingerprint density at radius 3 is 2.48 bits per heavy atom. The van der Waals surface area contributed by atoms with Crippen LogP contribution in [0.1, 0.15) is 36.5 Å². The van der Waals surface area contributed by atoms with Crippen LogP contribution in [-0.4, -0.2) is 34.7 Å². The summed E-state index contributed by atoms with van der Waals surface area (Å²) in [5.74, 6) is -1.13. The molecule has 0 spiro atoms. The topological polar surface area (TPSA) is 66.8 Å². The van der Waals surface area contributed by atoms with E-state index in [0.29, 0.717) is 6.54 Å². The molecule has 1 aliphatic heterocycles. The number of fused-ring (bicyclic) bond motifs is 3. The lowest BCUT2D eigenvalue weighted by Crippen LogP contribution is -2.43. The van der Waals surface area contributed by atoms with Crippen LogP contribution in [0.4, 0.5) is 4.79 Å². The second-order valence-corrected chi connectivity index (χ2v) is 7.92. The molecule has 5 nitrogen and oxygen atoms in total. The van der Waals surface area contributed by atoms with E-state index in [0.717, 1.165) is 11.1 Å². The number of carbonyl (C=O) groups excluding carboxylic acids is 1. The first-order valence-corrected chi connectivity index (χ1v) is 9.21. The Morgan fingerprint density at radius 1 is 1.11 bits per heavy atom. The number of carboxylic acids is 1. The SMILES string of the molecule is CC1(C)c2ccccc2C2C1CN(C(=O)OCc1ccccc1)[C@@H]2C(=O)O. The van der Waals surface area contributed by atoms with E-state index in [1.807, 2.05) is 48.5 Å². The molecule has 140 valence electrons. The van der Waals surface area contributed by atoms with Gasteiger partial charge in [0.1, 0.15) is 12.6 Å². The van der Waals surface area contributed by atoms with Crippen molar-refractivity contribution in [1.82, 2.24) is 4.90 Å². The molecule has 27 heavy (non-hydrogen) atoms. The third-order valence-corrected chi connectivity index (χ3v) is 6.14. The van der Waals surface area contributed by atoms with Crippen LogP contribution in [0.15, 0.2) is 54.6 Å². The summed E-state index contributed by atoms with van der Waals surface area (Å²) in [6.07, 6.45) is -0.561. The third-order valence-electron chi connectivity index (χ3n) is 6.14. The molecule has 0 bridgehead atoms. The number of rotatable bonds is 3. The van der Waals surface area contributed by atoms with Crippen LogP contribution in [0, 0.1) is 5.92 Å². The molecule has 1 fully saturated rings. The van der Waals surface area contributed by atoms with E-state index in [2.05, 4.69) is 19.9 Å². The van der Waals surface area contributed by atoms with Gasteiger partial charge in [-0.25, -0.2) is 9.59 Å². The summed E-state index contributed by atoms with van der Waals surface area (Å²) in [7, 11) is 0. The molecule has 2 aromatic carbocycles. The van der Waals surface area contributed by atoms with Crippen LogP contribution in [0.5, 0.6) is 0 Å². The van der Waals surface area contributed by atoms with Crippen molar-refractivity contribution in [3.63, 3.8) is 0 Å². The molecule has 2 aliphatic rings. The van der Waals surface area contributed by atoms with E-state index in [4.69, 9.17) is 4.74 Å². The lowest BCUT2D eigenvalue weighted by molar-refractivity contribution is -0.142. The first kappa shape index (κ1) is 17.6. The number of benzene rings is 2. The Bertz CT molecular complexity index is 877. The summed E-state index contributed by atoms with van der Waals surface area (Å²) in [4.78, 5) is 26.2. The number of hydrogen-bond donors (Lipinski definition) is 1. The van der Waals surface area contributed by atoms with Gasteiger partial charge in [-0.05, 0) is 28.0 Å². The Kier molecular flexibility index (Phi) is 4.17. The number of carbonyl (C=O) groups is 2. The van der Waals surface area contributed by atoms with E-state index in [1.54, 1.807) is 0 Å². The van der Waals surface area contributed by atoms with Gasteiger partial charge in [0.25, 0.3) is 0 Å². The van der Waals surface area contributed by atoms with Crippen LogP contribution in [0.2, 0.25) is 0 Å². The average molecular weight is 365 g/mol. The van der Waals surface area contributed by atoms with E-state index < -0.39 is 18.1 Å². The molecular weight excluding hydrogens is 342 g/mol. The van der Waals surface area contributed by atoms with Gasteiger partial charge in [-0.15, -0.1) is 0 Å². The van der Waals surface area contributed by atoms with Crippen molar-refractivity contribution in [3.8, 4) is 0 Å². The van der Waals surface area contributed by atoms with Gasteiger partial charge in [-0.3, -0.25) is 4.90 Å². The van der Waals surface area contributed by atoms with Gasteiger partial charge in [0.05, 0.1) is 0 Å². The number of nitrogens with zero attached hydrogens (tertiary/aromatic N) is 1. The highest BCUT2D eigenvalue weighted by molar-refractivity contribution is 5.83. The maximum Gasteiger partial charge on any atom is 0.410 e. The van der Waals surface area contributed by atoms with Gasteiger partial charge in [0.2, 0.25) is 0 Å². The van der Waals surface area contributed by atoms with Crippen molar-refractivity contribution in [1.29, 1.82) is 0 Å². The summed E-state index contributed by atoms with van der Waals surface area (Å²) in [5.41, 5.74) is 2.91. The summed E-state index contributed by atoms with van der Waals surface area (Å²) in [5, 5.41) is 9.91. The van der Waals surface area contributed by atoms with Gasteiger partial charge < -0.3 is 9.84 Å². The largest absolute Gasteiger partial charge is 0.480 e. The first-order chi connectivity index (χ1) is 12.9. The predicted molar refractivity (Wildman–Crippen MR) is 100 cm³/mol. The minimum absolute atomic E-state index is 0.0558. The highest BCUT2D eigenvalue weighted by Crippen LogP contribution is 2.56. The van der Waals surface area contributed by atoms with E-state index >= 15 is 0 Å². The molecule has 1 saturated heterocycles. The molecule has 1 heterocycles. The molecule has 1 aliphatic carbocycles. The molecule has 4 rings (SSSR count). The maximum atomic E-state index is 12.7. The van der Waals surface area contributed by atoms with Gasteiger partial charge >= 0.3 is 12.1 Å². The van der Waals surface area contributed by atoms with Crippen molar-refractivity contribution in [2.75, 3.05) is 6.54 Å².